The number of rotatable bonds is 6. The van der Waals surface area contributed by atoms with Crippen LogP contribution in [0.1, 0.15) is 32.3 Å². The normalized spacial score (nSPS) is 21.1. The van der Waals surface area contributed by atoms with Crippen LogP contribution in [-0.2, 0) is 24.2 Å². The third-order valence-electron chi connectivity index (χ3n) is 5.18. The van der Waals surface area contributed by atoms with E-state index < -0.39 is 22.4 Å². The van der Waals surface area contributed by atoms with Gasteiger partial charge in [0.05, 0.1) is 17.1 Å². The molecule has 0 saturated carbocycles. The molecule has 2 heterocycles. The van der Waals surface area contributed by atoms with Crippen molar-refractivity contribution in [3.8, 4) is 5.75 Å². The quantitative estimate of drug-likeness (QED) is 0.668. The Morgan fingerprint density at radius 1 is 1.32 bits per heavy atom. The molecule has 2 atom stereocenters. The monoisotopic (exact) mass is 407 g/mol. The first-order chi connectivity index (χ1) is 13.3. The summed E-state index contributed by atoms with van der Waals surface area (Å²) in [6.07, 6.45) is 2.80. The van der Waals surface area contributed by atoms with Crippen LogP contribution >= 0.6 is 0 Å². The number of carbonyl (C=O) groups is 2. The minimum absolute atomic E-state index is 0.0349. The molecule has 3 rings (SSSR count). The highest BCUT2D eigenvalue weighted by molar-refractivity contribution is 7.91. The van der Waals surface area contributed by atoms with Crippen molar-refractivity contribution in [1.29, 1.82) is 0 Å². The maximum Gasteiger partial charge on any atom is 0.338 e. The summed E-state index contributed by atoms with van der Waals surface area (Å²) in [7, 11) is -3.12. The zero-order valence-corrected chi connectivity index (χ0v) is 16.9. The van der Waals surface area contributed by atoms with Crippen molar-refractivity contribution in [2.24, 2.45) is 0 Å². The van der Waals surface area contributed by atoms with E-state index in [9.17, 15) is 18.0 Å². The van der Waals surface area contributed by atoms with E-state index in [4.69, 9.17) is 9.47 Å². The summed E-state index contributed by atoms with van der Waals surface area (Å²) in [5.74, 6) is -0.234. The zero-order chi connectivity index (χ0) is 20.3. The summed E-state index contributed by atoms with van der Waals surface area (Å²) in [5, 5.41) is 0. The number of fused-ring (bicyclic) bond motifs is 1. The maximum atomic E-state index is 12.7. The number of benzene rings is 1. The Bertz CT molecular complexity index is 892. The molecule has 1 aromatic carbocycles. The van der Waals surface area contributed by atoms with Crippen LogP contribution < -0.4 is 4.74 Å². The highest BCUT2D eigenvalue weighted by atomic mass is 32.2. The first-order valence-electron chi connectivity index (χ1n) is 9.42. The molecule has 1 fully saturated rings. The second-order valence-corrected chi connectivity index (χ2v) is 9.42. The van der Waals surface area contributed by atoms with Gasteiger partial charge in [0.1, 0.15) is 12.4 Å². The molecule has 0 unspecified atom stereocenters. The van der Waals surface area contributed by atoms with Gasteiger partial charge in [0.2, 0.25) is 0 Å². The number of amides is 1. The highest BCUT2D eigenvalue weighted by Crippen LogP contribution is 2.26. The summed E-state index contributed by atoms with van der Waals surface area (Å²) in [6.45, 7) is 3.47. The molecule has 0 radical (unpaired) electrons. The largest absolute Gasteiger partial charge is 0.488 e. The zero-order valence-electron chi connectivity index (χ0n) is 16.1. The van der Waals surface area contributed by atoms with E-state index in [0.717, 1.165) is 5.56 Å². The van der Waals surface area contributed by atoms with Crippen molar-refractivity contribution >= 4 is 27.8 Å². The lowest BCUT2D eigenvalue weighted by Crippen LogP contribution is -2.48. The lowest BCUT2D eigenvalue weighted by Gasteiger charge is -2.33. The van der Waals surface area contributed by atoms with Crippen molar-refractivity contribution < 1.29 is 27.5 Å². The van der Waals surface area contributed by atoms with E-state index in [-0.39, 0.29) is 36.1 Å². The number of ether oxygens (including phenoxy) is 2. The molecule has 0 spiro atoms. The van der Waals surface area contributed by atoms with E-state index in [2.05, 4.69) is 0 Å². The Kier molecular flexibility index (Phi) is 6.07. The van der Waals surface area contributed by atoms with Gasteiger partial charge in [-0.15, -0.1) is 0 Å². The lowest BCUT2D eigenvalue weighted by atomic mass is 10.1. The number of esters is 1. The molecule has 0 N–H and O–H groups in total. The van der Waals surface area contributed by atoms with Crippen molar-refractivity contribution in [3.63, 3.8) is 0 Å². The first kappa shape index (κ1) is 20.4. The van der Waals surface area contributed by atoms with Crippen LogP contribution in [0.15, 0.2) is 29.8 Å². The average molecular weight is 407 g/mol. The van der Waals surface area contributed by atoms with Crippen molar-refractivity contribution in [3.05, 3.63) is 35.4 Å². The number of hydrogen-bond acceptors (Lipinski definition) is 6. The Labute approximate surface area is 165 Å². The third-order valence-corrected chi connectivity index (χ3v) is 6.93. The van der Waals surface area contributed by atoms with Gasteiger partial charge in [-0.3, -0.25) is 4.79 Å². The second kappa shape index (κ2) is 8.34. The summed E-state index contributed by atoms with van der Waals surface area (Å²) in [4.78, 5) is 26.7. The van der Waals surface area contributed by atoms with Gasteiger partial charge in [0.25, 0.3) is 5.91 Å². The molecular weight excluding hydrogens is 382 g/mol. The minimum atomic E-state index is -3.12. The van der Waals surface area contributed by atoms with Crippen LogP contribution in [0, 0.1) is 0 Å². The van der Waals surface area contributed by atoms with E-state index in [1.54, 1.807) is 11.0 Å². The fourth-order valence-electron chi connectivity index (χ4n) is 3.53. The summed E-state index contributed by atoms with van der Waals surface area (Å²) in [6, 6.07) is 6.84. The first-order valence-corrected chi connectivity index (χ1v) is 11.2. The molecule has 2 aliphatic rings. The number of hydrogen-bond donors (Lipinski definition) is 0. The van der Waals surface area contributed by atoms with Crippen molar-refractivity contribution in [2.75, 3.05) is 24.7 Å². The van der Waals surface area contributed by atoms with Gasteiger partial charge in [-0.05, 0) is 31.9 Å². The van der Waals surface area contributed by atoms with Crippen LogP contribution in [0.4, 0.5) is 0 Å². The Morgan fingerprint density at radius 3 is 2.75 bits per heavy atom. The average Bonchev–Trinajstić information content (AvgIpc) is 3.04. The van der Waals surface area contributed by atoms with Gasteiger partial charge in [-0.2, -0.15) is 0 Å². The van der Waals surface area contributed by atoms with Crippen LogP contribution in [0.2, 0.25) is 0 Å². The molecule has 7 nitrogen and oxygen atoms in total. The molecule has 2 aliphatic heterocycles. The molecule has 1 saturated heterocycles. The van der Waals surface area contributed by atoms with E-state index in [1.807, 2.05) is 38.1 Å². The predicted molar refractivity (Wildman–Crippen MR) is 105 cm³/mol. The van der Waals surface area contributed by atoms with Crippen molar-refractivity contribution in [2.45, 2.75) is 38.8 Å². The molecule has 28 heavy (non-hydrogen) atoms. The van der Waals surface area contributed by atoms with Gasteiger partial charge in [0.15, 0.2) is 16.4 Å². The number of carbonyl (C=O) groups excluding carboxylic acids is 2. The number of nitrogens with zero attached hydrogens (tertiary/aromatic N) is 1. The van der Waals surface area contributed by atoms with Crippen LogP contribution in [0.5, 0.6) is 5.75 Å². The number of sulfone groups is 1. The van der Waals surface area contributed by atoms with E-state index in [1.165, 1.54) is 0 Å². The van der Waals surface area contributed by atoms with Gasteiger partial charge >= 0.3 is 5.97 Å². The SMILES string of the molecule is CC[C@@H](C)N(C(=O)COC(=O)C1=Cc2ccccc2OC1)[C@H]1CCS(=O)(=O)C1. The topological polar surface area (TPSA) is 90.0 Å². The Hall–Kier alpha value is -2.35. The van der Waals surface area contributed by atoms with Crippen LogP contribution in [-0.4, -0.2) is 62.0 Å². The molecule has 0 aromatic heterocycles. The Balaban J connectivity index is 1.64. The summed E-state index contributed by atoms with van der Waals surface area (Å²) in [5.41, 5.74) is 1.12. The van der Waals surface area contributed by atoms with E-state index in [0.29, 0.717) is 24.2 Å². The molecule has 8 heteroatoms. The van der Waals surface area contributed by atoms with Gasteiger partial charge in [-0.25, -0.2) is 13.2 Å². The molecule has 1 amide bonds. The fraction of sp³-hybridized carbons (Fsp3) is 0.500. The van der Waals surface area contributed by atoms with E-state index >= 15 is 0 Å². The standard InChI is InChI=1S/C20H25NO6S/c1-3-14(2)21(17-8-9-28(24,25)13-17)19(22)12-27-20(23)16-10-15-6-4-5-7-18(15)26-11-16/h4-7,10,14,17H,3,8-9,11-13H2,1-2H3/t14-,17+/m1/s1. The van der Waals surface area contributed by atoms with Crippen LogP contribution in [0.25, 0.3) is 6.08 Å². The van der Waals surface area contributed by atoms with Crippen LogP contribution in [0.3, 0.4) is 0 Å². The maximum absolute atomic E-state index is 12.7. The smallest absolute Gasteiger partial charge is 0.338 e. The minimum Gasteiger partial charge on any atom is -0.488 e. The molecule has 152 valence electrons. The van der Waals surface area contributed by atoms with Crippen molar-refractivity contribution in [1.82, 2.24) is 4.90 Å². The highest BCUT2D eigenvalue weighted by Gasteiger charge is 2.36. The third kappa shape index (κ3) is 4.55. The van der Waals surface area contributed by atoms with Gasteiger partial charge in [-0.1, -0.05) is 25.1 Å². The molecule has 0 bridgehead atoms. The molecule has 0 aliphatic carbocycles. The summed E-state index contributed by atoms with van der Waals surface area (Å²) >= 11 is 0. The predicted octanol–water partition coefficient (Wildman–Crippen LogP) is 1.82. The second-order valence-electron chi connectivity index (χ2n) is 7.19. The Morgan fingerprint density at radius 2 is 2.07 bits per heavy atom. The number of para-hydroxylation sites is 1. The molecular formula is C20H25NO6S. The summed E-state index contributed by atoms with van der Waals surface area (Å²) < 4.78 is 34.4. The van der Waals surface area contributed by atoms with Gasteiger partial charge in [0, 0.05) is 17.6 Å². The van der Waals surface area contributed by atoms with Gasteiger partial charge < -0.3 is 14.4 Å². The fourth-order valence-corrected chi connectivity index (χ4v) is 5.24. The molecule has 1 aromatic rings. The lowest BCUT2D eigenvalue weighted by molar-refractivity contribution is -0.151.